The second-order valence-corrected chi connectivity index (χ2v) is 5.51. The Bertz CT molecular complexity index is 702. The Kier molecular flexibility index (Phi) is 5.55. The lowest BCUT2D eigenvalue weighted by molar-refractivity contribution is 1.05. The monoisotopic (exact) mass is 288 g/mol. The predicted molar refractivity (Wildman–Crippen MR) is 98.2 cm³/mol. The van der Waals surface area contributed by atoms with Gasteiger partial charge in [0, 0.05) is 0 Å². The van der Waals surface area contributed by atoms with Crippen molar-refractivity contribution in [3.63, 3.8) is 0 Å². The summed E-state index contributed by atoms with van der Waals surface area (Å²) in [5.41, 5.74) is 7.77. The molecule has 0 atom stereocenters. The first-order valence-electron chi connectivity index (χ1n) is 7.81. The van der Waals surface area contributed by atoms with Gasteiger partial charge >= 0.3 is 0 Å². The van der Waals surface area contributed by atoms with Gasteiger partial charge < -0.3 is 0 Å². The molecule has 0 fully saturated rings. The standard InChI is InChI=1S/C22H24/c1-5-7-11-17(3)22-15-10-14-20(18(22)4)16-21-13-9-8-12-19(21)6-2/h5,7-15H,1,3,6,16H2,2,4H3/b11-7-. The Labute approximate surface area is 134 Å². The Morgan fingerprint density at radius 3 is 2.36 bits per heavy atom. The summed E-state index contributed by atoms with van der Waals surface area (Å²) in [6.07, 6.45) is 7.77. The van der Waals surface area contributed by atoms with Crippen LogP contribution in [0.15, 0.2) is 73.9 Å². The maximum atomic E-state index is 4.17. The number of allylic oxidation sites excluding steroid dienone is 4. The second kappa shape index (κ2) is 7.61. The molecule has 0 bridgehead atoms. The first-order valence-corrected chi connectivity index (χ1v) is 7.81. The van der Waals surface area contributed by atoms with Crippen molar-refractivity contribution in [3.05, 3.63) is 102 Å². The first kappa shape index (κ1) is 16.0. The molecule has 0 unspecified atom stereocenters. The van der Waals surface area contributed by atoms with Crippen molar-refractivity contribution < 1.29 is 0 Å². The van der Waals surface area contributed by atoms with Crippen LogP contribution in [0, 0.1) is 6.92 Å². The van der Waals surface area contributed by atoms with Crippen LogP contribution in [0.3, 0.4) is 0 Å². The van der Waals surface area contributed by atoms with Crippen LogP contribution >= 0.6 is 0 Å². The minimum absolute atomic E-state index is 0.974. The predicted octanol–water partition coefficient (Wildman–Crippen LogP) is 5.90. The maximum absolute atomic E-state index is 4.17. The highest BCUT2D eigenvalue weighted by atomic mass is 14.1. The van der Waals surface area contributed by atoms with Crippen molar-refractivity contribution in [1.29, 1.82) is 0 Å². The third-order valence-corrected chi connectivity index (χ3v) is 4.11. The molecule has 0 aliphatic heterocycles. The first-order chi connectivity index (χ1) is 10.7. The lowest BCUT2D eigenvalue weighted by Gasteiger charge is -2.13. The van der Waals surface area contributed by atoms with Gasteiger partial charge in [-0.05, 0) is 53.2 Å². The van der Waals surface area contributed by atoms with E-state index in [1.165, 1.54) is 27.8 Å². The van der Waals surface area contributed by atoms with Gasteiger partial charge in [-0.25, -0.2) is 0 Å². The minimum Gasteiger partial charge on any atom is -0.0991 e. The van der Waals surface area contributed by atoms with Crippen LogP contribution in [-0.4, -0.2) is 0 Å². The summed E-state index contributed by atoms with van der Waals surface area (Å²) in [4.78, 5) is 0. The molecule has 2 aromatic carbocycles. The van der Waals surface area contributed by atoms with Crippen LogP contribution in [-0.2, 0) is 12.8 Å². The summed E-state index contributed by atoms with van der Waals surface area (Å²) in [7, 11) is 0. The maximum Gasteiger partial charge on any atom is -0.00202 e. The van der Waals surface area contributed by atoms with Crippen LogP contribution in [0.2, 0.25) is 0 Å². The molecule has 0 saturated carbocycles. The van der Waals surface area contributed by atoms with Crippen LogP contribution < -0.4 is 0 Å². The van der Waals surface area contributed by atoms with E-state index in [0.717, 1.165) is 18.4 Å². The zero-order valence-electron chi connectivity index (χ0n) is 13.6. The van der Waals surface area contributed by atoms with Gasteiger partial charge in [-0.2, -0.15) is 0 Å². The molecule has 0 amide bonds. The molecule has 0 saturated heterocycles. The van der Waals surface area contributed by atoms with E-state index in [4.69, 9.17) is 0 Å². The quantitative estimate of drug-likeness (QED) is 0.580. The van der Waals surface area contributed by atoms with Crippen molar-refractivity contribution in [2.45, 2.75) is 26.7 Å². The number of hydrogen-bond acceptors (Lipinski definition) is 0. The molecule has 0 radical (unpaired) electrons. The SMILES string of the molecule is C=C/C=C\C(=C)c1cccc(Cc2ccccc2CC)c1C. The molecule has 112 valence electrons. The van der Waals surface area contributed by atoms with Gasteiger partial charge in [-0.3, -0.25) is 0 Å². The normalized spacial score (nSPS) is 10.8. The van der Waals surface area contributed by atoms with Gasteiger partial charge in [0.25, 0.3) is 0 Å². The van der Waals surface area contributed by atoms with Crippen LogP contribution in [0.5, 0.6) is 0 Å². The lowest BCUT2D eigenvalue weighted by atomic mass is 9.91. The fraction of sp³-hybridized carbons (Fsp3) is 0.182. The van der Waals surface area contributed by atoms with Crippen molar-refractivity contribution in [2.24, 2.45) is 0 Å². The van der Waals surface area contributed by atoms with E-state index in [2.05, 4.69) is 69.5 Å². The third-order valence-electron chi connectivity index (χ3n) is 4.11. The van der Waals surface area contributed by atoms with E-state index in [-0.39, 0.29) is 0 Å². The second-order valence-electron chi connectivity index (χ2n) is 5.51. The molecule has 0 nitrogen and oxygen atoms in total. The number of rotatable bonds is 6. The van der Waals surface area contributed by atoms with E-state index in [1.807, 2.05) is 12.2 Å². The summed E-state index contributed by atoms with van der Waals surface area (Å²) >= 11 is 0. The highest BCUT2D eigenvalue weighted by molar-refractivity contribution is 5.75. The molecule has 0 aliphatic carbocycles. The molecule has 0 heterocycles. The molecule has 0 spiro atoms. The van der Waals surface area contributed by atoms with E-state index in [0.29, 0.717) is 0 Å². The average Bonchev–Trinajstić information content (AvgIpc) is 2.55. The van der Waals surface area contributed by atoms with E-state index < -0.39 is 0 Å². The van der Waals surface area contributed by atoms with Crippen LogP contribution in [0.1, 0.15) is 34.7 Å². The van der Waals surface area contributed by atoms with E-state index in [9.17, 15) is 0 Å². The number of aryl methyl sites for hydroxylation is 1. The molecule has 0 N–H and O–H groups in total. The molecule has 0 aliphatic rings. The van der Waals surface area contributed by atoms with Crippen molar-refractivity contribution >= 4 is 5.57 Å². The Balaban J connectivity index is 2.35. The zero-order chi connectivity index (χ0) is 15.9. The van der Waals surface area contributed by atoms with Crippen LogP contribution in [0.25, 0.3) is 5.57 Å². The van der Waals surface area contributed by atoms with Crippen LogP contribution in [0.4, 0.5) is 0 Å². The topological polar surface area (TPSA) is 0 Å². The van der Waals surface area contributed by atoms with Gasteiger partial charge in [0.15, 0.2) is 0 Å². The number of benzene rings is 2. The molecule has 22 heavy (non-hydrogen) atoms. The Morgan fingerprint density at radius 1 is 1.00 bits per heavy atom. The lowest BCUT2D eigenvalue weighted by Crippen LogP contribution is -1.98. The summed E-state index contributed by atoms with van der Waals surface area (Å²) < 4.78 is 0. The van der Waals surface area contributed by atoms with Gasteiger partial charge in [-0.15, -0.1) is 0 Å². The van der Waals surface area contributed by atoms with Crippen molar-refractivity contribution in [3.8, 4) is 0 Å². The molecule has 0 heteroatoms. The molecule has 2 aromatic rings. The molecular formula is C22H24. The highest BCUT2D eigenvalue weighted by Gasteiger charge is 2.08. The zero-order valence-corrected chi connectivity index (χ0v) is 13.6. The summed E-state index contributed by atoms with van der Waals surface area (Å²) in [5, 5.41) is 0. The van der Waals surface area contributed by atoms with Crippen molar-refractivity contribution in [2.75, 3.05) is 0 Å². The van der Waals surface area contributed by atoms with Crippen molar-refractivity contribution in [1.82, 2.24) is 0 Å². The average molecular weight is 288 g/mol. The molecule has 0 aromatic heterocycles. The largest absolute Gasteiger partial charge is 0.0991 e. The molecular weight excluding hydrogens is 264 g/mol. The Hall–Kier alpha value is -2.34. The van der Waals surface area contributed by atoms with Gasteiger partial charge in [0.05, 0.1) is 0 Å². The van der Waals surface area contributed by atoms with E-state index >= 15 is 0 Å². The molecule has 2 rings (SSSR count). The smallest absolute Gasteiger partial charge is 0.00202 e. The van der Waals surface area contributed by atoms with Gasteiger partial charge in [-0.1, -0.05) is 80.8 Å². The Morgan fingerprint density at radius 2 is 1.68 bits per heavy atom. The van der Waals surface area contributed by atoms with Gasteiger partial charge in [0.1, 0.15) is 0 Å². The fourth-order valence-corrected chi connectivity index (χ4v) is 2.78. The summed E-state index contributed by atoms with van der Waals surface area (Å²) in [6, 6.07) is 15.2. The fourth-order valence-electron chi connectivity index (χ4n) is 2.78. The summed E-state index contributed by atoms with van der Waals surface area (Å²) in [6.45, 7) is 12.3. The number of hydrogen-bond donors (Lipinski definition) is 0. The minimum atomic E-state index is 0.974. The highest BCUT2D eigenvalue weighted by Crippen LogP contribution is 2.24. The summed E-state index contributed by atoms with van der Waals surface area (Å²) in [5.74, 6) is 0. The van der Waals surface area contributed by atoms with E-state index in [1.54, 1.807) is 6.08 Å². The third kappa shape index (κ3) is 3.65. The van der Waals surface area contributed by atoms with Gasteiger partial charge in [0.2, 0.25) is 0 Å².